The van der Waals surface area contributed by atoms with Crippen molar-refractivity contribution in [2.45, 2.75) is 25.3 Å². The summed E-state index contributed by atoms with van der Waals surface area (Å²) >= 11 is 0. The van der Waals surface area contributed by atoms with E-state index in [-0.39, 0.29) is 6.04 Å². The first-order valence-electron chi connectivity index (χ1n) is 6.19. The highest BCUT2D eigenvalue weighted by molar-refractivity contribution is 5.70. The van der Waals surface area contributed by atoms with E-state index in [1.54, 1.807) is 0 Å². The second-order valence-corrected chi connectivity index (χ2v) is 4.61. The zero-order chi connectivity index (χ0) is 11.7. The summed E-state index contributed by atoms with van der Waals surface area (Å²) in [4.78, 5) is 0. The molecule has 3 heteroatoms. The molecule has 1 unspecified atom stereocenters. The summed E-state index contributed by atoms with van der Waals surface area (Å²) in [7, 11) is 0. The molecule has 0 spiro atoms. The van der Waals surface area contributed by atoms with E-state index < -0.39 is 0 Å². The van der Waals surface area contributed by atoms with Gasteiger partial charge in [0.15, 0.2) is 11.5 Å². The lowest BCUT2D eigenvalue weighted by Crippen LogP contribution is -2.11. The van der Waals surface area contributed by atoms with Gasteiger partial charge >= 0.3 is 0 Å². The van der Waals surface area contributed by atoms with Crippen LogP contribution in [0.2, 0.25) is 0 Å². The summed E-state index contributed by atoms with van der Waals surface area (Å²) in [5.41, 5.74) is 8.43. The van der Waals surface area contributed by atoms with Crippen LogP contribution in [0.3, 0.4) is 0 Å². The topological polar surface area (TPSA) is 44.5 Å². The van der Waals surface area contributed by atoms with E-state index in [4.69, 9.17) is 15.2 Å². The van der Waals surface area contributed by atoms with E-state index in [1.165, 1.54) is 11.1 Å². The fraction of sp³-hybridized carbons (Fsp3) is 0.429. The molecule has 1 aliphatic heterocycles. The fourth-order valence-electron chi connectivity index (χ4n) is 2.35. The minimum absolute atomic E-state index is 0.209. The molecular weight excluding hydrogens is 214 g/mol. The van der Waals surface area contributed by atoms with Gasteiger partial charge in [0.05, 0.1) is 13.2 Å². The Morgan fingerprint density at radius 1 is 1.12 bits per heavy atom. The summed E-state index contributed by atoms with van der Waals surface area (Å²) < 4.78 is 11.3. The number of benzene rings is 1. The molecule has 3 rings (SSSR count). The lowest BCUT2D eigenvalue weighted by Gasteiger charge is -2.09. The smallest absolute Gasteiger partial charge is 0.161 e. The van der Waals surface area contributed by atoms with Gasteiger partial charge in [-0.1, -0.05) is 12.1 Å². The highest BCUT2D eigenvalue weighted by Crippen LogP contribution is 2.35. The van der Waals surface area contributed by atoms with E-state index in [2.05, 4.69) is 18.2 Å². The maximum absolute atomic E-state index is 5.89. The first-order chi connectivity index (χ1) is 8.33. The molecule has 17 heavy (non-hydrogen) atoms. The molecule has 3 nitrogen and oxygen atoms in total. The van der Waals surface area contributed by atoms with Crippen molar-refractivity contribution in [2.24, 2.45) is 5.73 Å². The van der Waals surface area contributed by atoms with E-state index >= 15 is 0 Å². The van der Waals surface area contributed by atoms with E-state index in [0.717, 1.165) is 44.0 Å². The average molecular weight is 231 g/mol. The summed E-state index contributed by atoms with van der Waals surface area (Å²) in [6, 6.07) is 6.38. The predicted molar refractivity (Wildman–Crippen MR) is 67.2 cm³/mol. The quantitative estimate of drug-likeness (QED) is 0.807. The predicted octanol–water partition coefficient (Wildman–Crippen LogP) is 2.35. The van der Waals surface area contributed by atoms with Crippen LogP contribution in [0.15, 0.2) is 24.3 Å². The van der Waals surface area contributed by atoms with Crippen LogP contribution >= 0.6 is 0 Å². The molecule has 2 aliphatic rings. The van der Waals surface area contributed by atoms with Crippen molar-refractivity contribution in [3.05, 3.63) is 29.8 Å². The fourth-order valence-corrected chi connectivity index (χ4v) is 2.35. The lowest BCUT2D eigenvalue weighted by molar-refractivity contribution is 0.297. The SMILES string of the molecule is NC1C=C(c2ccc3c(c2)OCCCO3)CC1. The van der Waals surface area contributed by atoms with Gasteiger partial charge in [-0.3, -0.25) is 0 Å². The van der Waals surface area contributed by atoms with Gasteiger partial charge in [0, 0.05) is 12.5 Å². The second-order valence-electron chi connectivity index (χ2n) is 4.61. The van der Waals surface area contributed by atoms with Crippen molar-refractivity contribution in [3.63, 3.8) is 0 Å². The first-order valence-corrected chi connectivity index (χ1v) is 6.19. The number of ether oxygens (including phenoxy) is 2. The second kappa shape index (κ2) is 4.41. The van der Waals surface area contributed by atoms with Crippen molar-refractivity contribution in [3.8, 4) is 11.5 Å². The molecule has 90 valence electrons. The summed E-state index contributed by atoms with van der Waals surface area (Å²) in [6.45, 7) is 1.47. The number of nitrogens with two attached hydrogens (primary N) is 1. The third-order valence-electron chi connectivity index (χ3n) is 3.28. The molecule has 1 heterocycles. The first kappa shape index (κ1) is 10.7. The Kier molecular flexibility index (Phi) is 2.77. The Morgan fingerprint density at radius 2 is 1.94 bits per heavy atom. The van der Waals surface area contributed by atoms with Gasteiger partial charge in [-0.15, -0.1) is 0 Å². The van der Waals surface area contributed by atoms with Gasteiger partial charge in [0.2, 0.25) is 0 Å². The van der Waals surface area contributed by atoms with E-state index in [9.17, 15) is 0 Å². The third kappa shape index (κ3) is 2.15. The van der Waals surface area contributed by atoms with Crippen LogP contribution in [-0.2, 0) is 0 Å². The van der Waals surface area contributed by atoms with Crippen LogP contribution in [0.4, 0.5) is 0 Å². The Morgan fingerprint density at radius 3 is 2.71 bits per heavy atom. The maximum atomic E-state index is 5.89. The van der Waals surface area contributed by atoms with Gasteiger partial charge in [-0.2, -0.15) is 0 Å². The normalized spacial score (nSPS) is 23.1. The van der Waals surface area contributed by atoms with Gasteiger partial charge in [0.1, 0.15) is 0 Å². The number of fused-ring (bicyclic) bond motifs is 1. The maximum Gasteiger partial charge on any atom is 0.161 e. The van der Waals surface area contributed by atoms with Gasteiger partial charge < -0.3 is 15.2 Å². The van der Waals surface area contributed by atoms with Crippen molar-refractivity contribution >= 4 is 5.57 Å². The van der Waals surface area contributed by atoms with Crippen molar-refractivity contribution in [2.75, 3.05) is 13.2 Å². The lowest BCUT2D eigenvalue weighted by atomic mass is 10.1. The minimum atomic E-state index is 0.209. The molecule has 1 aromatic rings. The van der Waals surface area contributed by atoms with Crippen molar-refractivity contribution in [1.29, 1.82) is 0 Å². The van der Waals surface area contributed by atoms with Gasteiger partial charge in [-0.25, -0.2) is 0 Å². The highest BCUT2D eigenvalue weighted by atomic mass is 16.5. The molecule has 0 radical (unpaired) electrons. The Balaban J connectivity index is 1.92. The van der Waals surface area contributed by atoms with Crippen LogP contribution in [0, 0.1) is 0 Å². The standard InChI is InChI=1S/C14H17NO2/c15-12-4-2-10(8-12)11-3-5-13-14(9-11)17-7-1-6-16-13/h3,5,8-9,12H,1-2,4,6-7,15H2. The van der Waals surface area contributed by atoms with Crippen LogP contribution in [-0.4, -0.2) is 19.3 Å². The van der Waals surface area contributed by atoms with Crippen molar-refractivity contribution in [1.82, 2.24) is 0 Å². The summed E-state index contributed by atoms with van der Waals surface area (Å²) in [5, 5.41) is 0. The number of hydrogen-bond donors (Lipinski definition) is 1. The number of hydrogen-bond acceptors (Lipinski definition) is 3. The van der Waals surface area contributed by atoms with Crippen molar-refractivity contribution < 1.29 is 9.47 Å². The van der Waals surface area contributed by atoms with E-state index in [1.807, 2.05) is 6.07 Å². The highest BCUT2D eigenvalue weighted by Gasteiger charge is 2.16. The molecule has 0 saturated carbocycles. The summed E-state index contributed by atoms with van der Waals surface area (Å²) in [6.07, 6.45) is 5.20. The third-order valence-corrected chi connectivity index (χ3v) is 3.28. The molecule has 0 amide bonds. The zero-order valence-electron chi connectivity index (χ0n) is 9.82. The Bertz CT molecular complexity index is 454. The molecular formula is C14H17NO2. The molecule has 1 atom stereocenters. The zero-order valence-corrected chi connectivity index (χ0v) is 9.82. The molecule has 1 aromatic carbocycles. The van der Waals surface area contributed by atoms with E-state index in [0.29, 0.717) is 0 Å². The molecule has 0 saturated heterocycles. The number of allylic oxidation sites excluding steroid dienone is 1. The Labute approximate surface area is 101 Å². The monoisotopic (exact) mass is 231 g/mol. The summed E-state index contributed by atoms with van der Waals surface area (Å²) in [5.74, 6) is 1.72. The molecule has 0 bridgehead atoms. The van der Waals surface area contributed by atoms with Crippen LogP contribution in [0.25, 0.3) is 5.57 Å². The van der Waals surface area contributed by atoms with Gasteiger partial charge in [-0.05, 0) is 36.1 Å². The average Bonchev–Trinajstić information content (AvgIpc) is 2.64. The van der Waals surface area contributed by atoms with Crippen LogP contribution in [0.1, 0.15) is 24.8 Å². The largest absolute Gasteiger partial charge is 0.490 e. The molecule has 2 N–H and O–H groups in total. The number of rotatable bonds is 1. The molecule has 0 fully saturated rings. The van der Waals surface area contributed by atoms with Crippen LogP contribution in [0.5, 0.6) is 11.5 Å². The Hall–Kier alpha value is -1.48. The molecule has 0 aromatic heterocycles. The minimum Gasteiger partial charge on any atom is -0.490 e. The van der Waals surface area contributed by atoms with Crippen LogP contribution < -0.4 is 15.2 Å². The van der Waals surface area contributed by atoms with Gasteiger partial charge in [0.25, 0.3) is 0 Å². The molecule has 1 aliphatic carbocycles.